The maximum absolute atomic E-state index is 3.40. The van der Waals surface area contributed by atoms with E-state index < -0.39 is 0 Å². The Morgan fingerprint density at radius 3 is 0.880 bits per heavy atom. The zero-order valence-corrected chi connectivity index (χ0v) is 26.1. The van der Waals surface area contributed by atoms with Crippen molar-refractivity contribution in [2.75, 3.05) is 4.90 Å². The van der Waals surface area contributed by atoms with Gasteiger partial charge in [0.1, 0.15) is 0 Å². The van der Waals surface area contributed by atoms with E-state index >= 15 is 0 Å². The number of hydrogen-bond donors (Lipinski definition) is 0. The molecule has 0 atom stereocenters. The van der Waals surface area contributed by atoms with Gasteiger partial charge >= 0.3 is 0 Å². The van der Waals surface area contributed by atoms with Crippen molar-refractivity contribution in [2.45, 2.75) is 0 Å². The summed E-state index contributed by atoms with van der Waals surface area (Å²) in [6.07, 6.45) is 0. The Labute approximate surface area is 249 Å². The second-order valence-corrected chi connectivity index (χ2v) is 7.01. The van der Waals surface area contributed by atoms with Crippen LogP contribution in [0.3, 0.4) is 0 Å². The second kappa shape index (κ2) is 13.4. The third-order valence-electron chi connectivity index (χ3n) is 2.75. The maximum atomic E-state index is 3.40. The van der Waals surface area contributed by atoms with Crippen molar-refractivity contribution in [3.8, 4) is 0 Å². The Hall–Kier alpha value is 2.21. The van der Waals surface area contributed by atoms with Crippen molar-refractivity contribution in [1.82, 2.24) is 0 Å². The Balaban J connectivity index is 0.00000192. The zero-order chi connectivity index (χ0) is 15.5. The standard InChI is InChI=1S/C18H6Br3N.3Y/c19-13-1-7-16(8-2-13)22(17-9-3-14(20)4-10-17)18-11-5-15(21)6-12-18;;;/h1-6H;;;/q-6;;;. The molecule has 3 radical (unpaired) electrons. The van der Waals surface area contributed by atoms with Gasteiger partial charge in [0.05, 0.1) is 0 Å². The molecule has 1 nitrogen and oxygen atoms in total. The summed E-state index contributed by atoms with van der Waals surface area (Å²) >= 11 is 10.2. The van der Waals surface area contributed by atoms with Gasteiger partial charge in [0, 0.05) is 98.1 Å². The van der Waals surface area contributed by atoms with Crippen LogP contribution in [0.15, 0.2) is 49.8 Å². The number of nitrogens with zero attached hydrogens (tertiary/aromatic N) is 1. The molecule has 3 aromatic rings. The number of halogens is 3. The van der Waals surface area contributed by atoms with Gasteiger partial charge in [-0.2, -0.15) is 0 Å². The summed E-state index contributed by atoms with van der Waals surface area (Å²) in [6, 6.07) is 30.2. The smallest absolute Gasteiger partial charge is 0 e. The van der Waals surface area contributed by atoms with Crippen molar-refractivity contribution < 1.29 is 98.1 Å². The first-order valence-corrected chi connectivity index (χ1v) is 8.58. The summed E-state index contributed by atoms with van der Waals surface area (Å²) in [5, 5.41) is 0. The van der Waals surface area contributed by atoms with E-state index in [1.54, 1.807) is 0 Å². The van der Waals surface area contributed by atoms with Crippen molar-refractivity contribution in [3.63, 3.8) is 0 Å². The van der Waals surface area contributed by atoms with Gasteiger partial charge in [-0.1, -0.05) is 0 Å². The van der Waals surface area contributed by atoms with Crippen LogP contribution in [-0.2, 0) is 98.1 Å². The van der Waals surface area contributed by atoms with Crippen molar-refractivity contribution in [3.05, 3.63) is 86.2 Å². The molecule has 3 aromatic carbocycles. The van der Waals surface area contributed by atoms with Crippen LogP contribution in [0.4, 0.5) is 17.1 Å². The molecule has 0 unspecified atom stereocenters. The molecule has 0 amide bonds. The zero-order valence-electron chi connectivity index (χ0n) is 12.8. The van der Waals surface area contributed by atoms with Crippen LogP contribution < -0.4 is 4.90 Å². The van der Waals surface area contributed by atoms with Gasteiger partial charge in [0.15, 0.2) is 0 Å². The van der Waals surface area contributed by atoms with Crippen LogP contribution in [0.1, 0.15) is 0 Å². The predicted molar refractivity (Wildman–Crippen MR) is 97.2 cm³/mol. The van der Waals surface area contributed by atoms with Crippen molar-refractivity contribution >= 4 is 64.9 Å². The Kier molecular flexibility index (Phi) is 14.6. The molecule has 0 aliphatic rings. The molecule has 0 saturated carbocycles. The molecule has 119 valence electrons. The maximum Gasteiger partial charge on any atom is 0 e. The summed E-state index contributed by atoms with van der Waals surface area (Å²) in [5.74, 6) is 0. The molecule has 0 bridgehead atoms. The molecular formula is C18H6Br3NY3-6. The quantitative estimate of drug-likeness (QED) is 0.288. The molecule has 0 N–H and O–H groups in total. The molecule has 7 heteroatoms. The van der Waals surface area contributed by atoms with E-state index in [-0.39, 0.29) is 98.1 Å². The van der Waals surface area contributed by atoms with Crippen LogP contribution in [-0.4, -0.2) is 0 Å². The first-order valence-electron chi connectivity index (χ1n) is 6.20. The molecule has 25 heavy (non-hydrogen) atoms. The number of rotatable bonds is 3. The topological polar surface area (TPSA) is 3.24 Å². The minimum atomic E-state index is 0. The average Bonchev–Trinajstić information content (AvgIpc) is 2.53. The van der Waals surface area contributed by atoms with E-state index in [0.717, 1.165) is 30.5 Å². The van der Waals surface area contributed by atoms with Gasteiger partial charge in [0.25, 0.3) is 0 Å². The molecule has 0 aliphatic heterocycles. The summed E-state index contributed by atoms with van der Waals surface area (Å²) in [5.41, 5.74) is 2.23. The minimum Gasteiger partial charge on any atom is -0.452 e. The van der Waals surface area contributed by atoms with E-state index in [4.69, 9.17) is 0 Å². The minimum absolute atomic E-state index is 0. The average molecular weight is 743 g/mol. The van der Waals surface area contributed by atoms with Gasteiger partial charge < -0.3 is 41.3 Å². The fraction of sp³-hybridized carbons (Fsp3) is 0. The first-order chi connectivity index (χ1) is 10.6. The molecule has 0 spiro atoms. The van der Waals surface area contributed by atoms with Crippen LogP contribution in [0, 0.1) is 36.4 Å². The second-order valence-electron chi connectivity index (χ2n) is 4.27. The van der Waals surface area contributed by atoms with Gasteiger partial charge in [-0.3, -0.25) is 36.4 Å². The van der Waals surface area contributed by atoms with E-state index in [1.807, 2.05) is 41.3 Å². The molecule has 0 heterocycles. The van der Waals surface area contributed by atoms with E-state index in [2.05, 4.69) is 84.2 Å². The number of anilines is 3. The molecule has 0 saturated heterocycles. The molecule has 0 aromatic heterocycles. The van der Waals surface area contributed by atoms with Crippen LogP contribution in [0.5, 0.6) is 0 Å². The molecule has 0 aliphatic carbocycles. The SMILES string of the molecule is Brc1c[c-]c(N(c2[c-]cc(Br)c[c-]2)c2[c-]cc(Br)c[c-]2)[c-]c1.[Y].[Y].[Y]. The third-order valence-corrected chi connectivity index (χ3v) is 4.12. The van der Waals surface area contributed by atoms with Crippen LogP contribution in [0.2, 0.25) is 0 Å². The Bertz CT molecular complexity index is 655. The van der Waals surface area contributed by atoms with Gasteiger partial charge in [-0.25, -0.2) is 78.3 Å². The van der Waals surface area contributed by atoms with Crippen LogP contribution >= 0.6 is 47.8 Å². The normalized spacial score (nSPS) is 9.24. The summed E-state index contributed by atoms with van der Waals surface area (Å²) < 4.78 is 2.76. The Morgan fingerprint density at radius 2 is 0.680 bits per heavy atom. The molecular weight excluding hydrogens is 737 g/mol. The third kappa shape index (κ3) is 7.86. The summed E-state index contributed by atoms with van der Waals surface area (Å²) in [7, 11) is 0. The summed E-state index contributed by atoms with van der Waals surface area (Å²) in [6.45, 7) is 0. The van der Waals surface area contributed by atoms with E-state index in [0.29, 0.717) is 0 Å². The fourth-order valence-corrected chi connectivity index (χ4v) is 2.48. The molecule has 3 rings (SSSR count). The van der Waals surface area contributed by atoms with E-state index in [1.165, 1.54) is 0 Å². The summed E-state index contributed by atoms with van der Waals surface area (Å²) in [4.78, 5) is 1.89. The van der Waals surface area contributed by atoms with Gasteiger partial charge in [-0.15, -0.1) is 0 Å². The van der Waals surface area contributed by atoms with Gasteiger partial charge in [-0.05, 0) is 0 Å². The predicted octanol–water partition coefficient (Wildman–Crippen LogP) is 6.24. The van der Waals surface area contributed by atoms with Gasteiger partial charge in [0.2, 0.25) is 0 Å². The monoisotopic (exact) mass is 740 g/mol. The number of hydrogen-bond acceptors (Lipinski definition) is 1. The van der Waals surface area contributed by atoms with E-state index in [9.17, 15) is 0 Å². The van der Waals surface area contributed by atoms with Crippen molar-refractivity contribution in [1.29, 1.82) is 0 Å². The fourth-order valence-electron chi connectivity index (χ4n) is 1.80. The van der Waals surface area contributed by atoms with Crippen LogP contribution in [0.25, 0.3) is 0 Å². The largest absolute Gasteiger partial charge is 0.452 e. The van der Waals surface area contributed by atoms with Crippen molar-refractivity contribution in [2.24, 2.45) is 0 Å². The number of benzene rings is 3. The molecule has 0 fully saturated rings. The first kappa shape index (κ1) is 27.2. The Morgan fingerprint density at radius 1 is 0.480 bits per heavy atom.